The molecule has 0 aromatic rings. The number of hydrogen-bond donors (Lipinski definition) is 3. The van der Waals surface area contributed by atoms with E-state index in [0.717, 1.165) is 57.6 Å². The first-order valence-electron chi connectivity index (χ1n) is 11.9. The Labute approximate surface area is 212 Å². The summed E-state index contributed by atoms with van der Waals surface area (Å²) in [6.07, 6.45) is 5.36. The van der Waals surface area contributed by atoms with E-state index in [9.17, 15) is 5.21 Å². The molecule has 11 nitrogen and oxygen atoms in total. The van der Waals surface area contributed by atoms with Crippen LogP contribution in [-0.2, 0) is 4.74 Å². The van der Waals surface area contributed by atoms with Crippen LogP contribution in [-0.4, -0.2) is 78.6 Å². The van der Waals surface area contributed by atoms with E-state index in [2.05, 4.69) is 62.6 Å². The van der Waals surface area contributed by atoms with Crippen LogP contribution in [0.25, 0.3) is 0 Å². The van der Waals surface area contributed by atoms with Gasteiger partial charge < -0.3 is 25.3 Å². The van der Waals surface area contributed by atoms with Crippen LogP contribution >= 0.6 is 22.9 Å². The Balaban J connectivity index is 2.28. The third-order valence-electron chi connectivity index (χ3n) is 6.09. The summed E-state index contributed by atoms with van der Waals surface area (Å²) >= 11 is 2.13. The highest BCUT2D eigenvalue weighted by molar-refractivity contribution is 14.1. The van der Waals surface area contributed by atoms with E-state index < -0.39 is 5.79 Å². The number of amidine groups is 1. The number of rotatable bonds is 15. The average molecular weight is 579 g/mol. The van der Waals surface area contributed by atoms with Gasteiger partial charge in [-0.1, -0.05) is 26.0 Å². The van der Waals surface area contributed by atoms with Gasteiger partial charge in [-0.3, -0.25) is 8.43 Å². The molecule has 3 N–H and O–H groups in total. The maximum atomic E-state index is 11.7. The van der Waals surface area contributed by atoms with Gasteiger partial charge in [0, 0.05) is 55.5 Å². The van der Waals surface area contributed by atoms with Crippen LogP contribution in [0, 0.1) is 22.6 Å². The lowest BCUT2D eigenvalue weighted by Crippen LogP contribution is -2.59. The fourth-order valence-electron chi connectivity index (χ4n) is 4.13. The van der Waals surface area contributed by atoms with Crippen molar-refractivity contribution in [1.29, 1.82) is 5.53 Å². The highest BCUT2D eigenvalue weighted by Gasteiger charge is 2.42. The second kappa shape index (κ2) is 13.7. The zero-order valence-electron chi connectivity index (χ0n) is 20.7. The third kappa shape index (κ3) is 8.26. The topological polar surface area (TPSA) is 127 Å². The molecule has 1 aliphatic carbocycles. The Morgan fingerprint density at radius 2 is 2.12 bits per heavy atom. The summed E-state index contributed by atoms with van der Waals surface area (Å²) in [6.45, 7) is 11.9. The molecule has 0 aromatic heterocycles. The second-order valence-corrected chi connectivity index (χ2v) is 10.1. The molecule has 2 rings (SSSR count). The number of nitrogens with zero attached hydrogens (tertiary/aromatic N) is 6. The monoisotopic (exact) mass is 578 g/mol. The minimum Gasteiger partial charge on any atom is -0.739 e. The van der Waals surface area contributed by atoms with Gasteiger partial charge in [0.15, 0.2) is 0 Å². The van der Waals surface area contributed by atoms with Gasteiger partial charge in [0.25, 0.3) is 0 Å². The first-order valence-corrected chi connectivity index (χ1v) is 13.0. The van der Waals surface area contributed by atoms with Gasteiger partial charge in [0.1, 0.15) is 5.84 Å². The molecular formula is C21H41IN9O2-. The Kier molecular flexibility index (Phi) is 11.7. The van der Waals surface area contributed by atoms with Crippen molar-refractivity contribution in [2.24, 2.45) is 27.0 Å². The van der Waals surface area contributed by atoms with E-state index in [0.29, 0.717) is 23.7 Å². The molecule has 0 bridgehead atoms. The minimum atomic E-state index is -0.771. The molecule has 1 fully saturated rings. The average Bonchev–Trinajstić information content (AvgIpc) is 2.74. The van der Waals surface area contributed by atoms with E-state index >= 15 is 0 Å². The summed E-state index contributed by atoms with van der Waals surface area (Å²) < 4.78 is 9.17. The predicted octanol–water partition coefficient (Wildman–Crippen LogP) is 3.54. The third-order valence-corrected chi connectivity index (χ3v) is 6.63. The molecule has 3 unspecified atom stereocenters. The molecule has 0 aromatic carbocycles. The van der Waals surface area contributed by atoms with Crippen molar-refractivity contribution in [3.8, 4) is 0 Å². The predicted molar refractivity (Wildman–Crippen MR) is 140 cm³/mol. The standard InChI is InChI=1S/C21H41IN9O2/c1-6-12-30(13-7-8-16(2)3)21(4)26-19(17-9-10-18(17)33-14-11-24-22)25-20(27-21)29(5)15-31(32)28-23/h16-18,23-24H,6-15H2,1-5H3,(H,25,26,27)/q-1. The van der Waals surface area contributed by atoms with Crippen molar-refractivity contribution in [3.05, 3.63) is 5.21 Å². The fourth-order valence-corrected chi connectivity index (χ4v) is 4.35. The lowest BCUT2D eigenvalue weighted by molar-refractivity contribution is -0.0200. The summed E-state index contributed by atoms with van der Waals surface area (Å²) in [4.78, 5) is 14.1. The molecule has 1 saturated carbocycles. The van der Waals surface area contributed by atoms with Gasteiger partial charge in [0.2, 0.25) is 11.7 Å². The summed E-state index contributed by atoms with van der Waals surface area (Å²) in [5.74, 6) is 1.48. The molecule has 0 spiro atoms. The Bertz CT molecular complexity index is 678. The number of hydroxylamine groups is 1. The maximum Gasteiger partial charge on any atom is 0.209 e. The van der Waals surface area contributed by atoms with E-state index in [1.165, 1.54) is 0 Å². The number of ether oxygens (including phenoxy) is 1. The lowest BCUT2D eigenvalue weighted by atomic mass is 9.80. The van der Waals surface area contributed by atoms with E-state index in [4.69, 9.17) is 20.3 Å². The fraction of sp³-hybridized carbons (Fsp3) is 0.905. The number of guanidine groups is 1. The van der Waals surface area contributed by atoms with Crippen molar-refractivity contribution in [2.75, 3.05) is 40.0 Å². The number of hydrogen-bond acceptors (Lipinski definition) is 10. The molecule has 190 valence electrons. The van der Waals surface area contributed by atoms with Crippen molar-refractivity contribution in [2.45, 2.75) is 71.7 Å². The zero-order valence-corrected chi connectivity index (χ0v) is 22.8. The summed E-state index contributed by atoms with van der Waals surface area (Å²) in [7, 11) is 1.77. The Morgan fingerprint density at radius 3 is 2.70 bits per heavy atom. The number of aliphatic imine (C=N–C) groups is 2. The molecule has 1 heterocycles. The number of nitrogens with one attached hydrogen (secondary N) is 3. The SMILES string of the molecule is CCCN(CCCC(C)C)C1(C)N=C(C2CCC2OCCNI)NC(N(C)CN([O-])N=N)=N1. The van der Waals surface area contributed by atoms with Crippen LogP contribution in [0.15, 0.2) is 15.2 Å². The van der Waals surface area contributed by atoms with Crippen LogP contribution in [0.3, 0.4) is 0 Å². The van der Waals surface area contributed by atoms with Gasteiger partial charge in [-0.15, -0.1) is 0 Å². The number of halogens is 1. The largest absolute Gasteiger partial charge is 0.739 e. The van der Waals surface area contributed by atoms with E-state index in [-0.39, 0.29) is 18.7 Å². The highest BCUT2D eigenvalue weighted by atomic mass is 127. The molecule has 1 aliphatic heterocycles. The first-order chi connectivity index (χ1) is 15.7. The van der Waals surface area contributed by atoms with E-state index in [1.807, 2.05) is 6.92 Å². The van der Waals surface area contributed by atoms with Gasteiger partial charge in [-0.25, -0.2) is 9.98 Å². The smallest absolute Gasteiger partial charge is 0.209 e. The molecule has 33 heavy (non-hydrogen) atoms. The summed E-state index contributed by atoms with van der Waals surface area (Å²) in [5, 5.41) is 18.4. The van der Waals surface area contributed by atoms with Gasteiger partial charge in [0.05, 0.1) is 19.4 Å². The van der Waals surface area contributed by atoms with Crippen LogP contribution in [0.1, 0.15) is 59.8 Å². The first kappa shape index (κ1) is 28.1. The second-order valence-electron chi connectivity index (χ2n) is 9.32. The van der Waals surface area contributed by atoms with Crippen LogP contribution in [0.4, 0.5) is 0 Å². The minimum absolute atomic E-state index is 0.0915. The summed E-state index contributed by atoms with van der Waals surface area (Å²) in [5.41, 5.74) is 6.98. The molecule has 0 amide bonds. The molecule has 2 aliphatic rings. The molecular weight excluding hydrogens is 537 g/mol. The van der Waals surface area contributed by atoms with Gasteiger partial charge in [-0.2, -0.15) is 5.53 Å². The molecule has 0 saturated heterocycles. The zero-order chi connectivity index (χ0) is 24.4. The van der Waals surface area contributed by atoms with E-state index in [1.54, 1.807) is 11.9 Å². The Morgan fingerprint density at radius 1 is 1.36 bits per heavy atom. The van der Waals surface area contributed by atoms with Crippen LogP contribution in [0.2, 0.25) is 0 Å². The lowest BCUT2D eigenvalue weighted by Gasteiger charge is -2.44. The van der Waals surface area contributed by atoms with Crippen molar-refractivity contribution in [3.63, 3.8) is 0 Å². The van der Waals surface area contributed by atoms with Crippen LogP contribution < -0.4 is 8.85 Å². The molecule has 3 atom stereocenters. The maximum absolute atomic E-state index is 11.7. The Hall–Kier alpha value is -1.09. The van der Waals surface area contributed by atoms with Gasteiger partial charge >= 0.3 is 0 Å². The van der Waals surface area contributed by atoms with Crippen molar-refractivity contribution in [1.82, 2.24) is 23.8 Å². The van der Waals surface area contributed by atoms with Crippen molar-refractivity contribution >= 4 is 34.7 Å². The van der Waals surface area contributed by atoms with Crippen LogP contribution in [0.5, 0.6) is 0 Å². The van der Waals surface area contributed by atoms with Gasteiger partial charge in [-0.05, 0) is 44.9 Å². The quantitative estimate of drug-likeness (QED) is 0.0678. The molecule has 0 radical (unpaired) electrons. The normalized spacial score (nSPS) is 24.8. The van der Waals surface area contributed by atoms with Crippen molar-refractivity contribution < 1.29 is 4.74 Å². The summed E-state index contributed by atoms with van der Waals surface area (Å²) in [6, 6.07) is 0. The molecule has 12 heteroatoms. The highest BCUT2D eigenvalue weighted by Crippen LogP contribution is 2.34.